The fourth-order valence-corrected chi connectivity index (χ4v) is 0.945. The third-order valence-corrected chi connectivity index (χ3v) is 1.57. The van der Waals surface area contributed by atoms with Crippen LogP contribution in [0.15, 0.2) is 35.4 Å². The Bertz CT molecular complexity index is 497. The topological polar surface area (TPSA) is 72.4 Å². The molecule has 1 aromatic carbocycles. The summed E-state index contributed by atoms with van der Waals surface area (Å²) in [6.07, 6.45) is -4.99. The lowest BCUT2D eigenvalue weighted by Gasteiger charge is -2.18. The predicted molar refractivity (Wildman–Crippen MR) is 54.7 cm³/mol. The average molecular weight is 254 g/mol. The van der Waals surface area contributed by atoms with Crippen molar-refractivity contribution in [3.8, 4) is 12.1 Å². The molecule has 92 valence electrons. The van der Waals surface area contributed by atoms with Crippen molar-refractivity contribution in [1.82, 2.24) is 0 Å². The zero-order valence-electron chi connectivity index (χ0n) is 8.72. The number of halogens is 3. The minimum absolute atomic E-state index is 0.0712. The quantitative estimate of drug-likeness (QED) is 0.613. The van der Waals surface area contributed by atoms with E-state index in [0.29, 0.717) is 0 Å². The summed E-state index contributed by atoms with van der Waals surface area (Å²) in [5.74, 6) is 0. The summed E-state index contributed by atoms with van der Waals surface area (Å²) < 4.78 is 36.5. The van der Waals surface area contributed by atoms with Crippen molar-refractivity contribution in [3.05, 3.63) is 30.3 Å². The Labute approximate surface area is 99.9 Å². The standard InChI is InChI=1S/C10H5F3N4O/c11-10(12,13)18-17(16-8(6-14)7-15)9-4-2-1-3-5-9/h1-5H. The highest BCUT2D eigenvalue weighted by Gasteiger charge is 2.34. The number of hydrazone groups is 1. The minimum Gasteiger partial charge on any atom is -0.190 e. The van der Waals surface area contributed by atoms with E-state index in [-0.39, 0.29) is 10.9 Å². The lowest BCUT2D eigenvalue weighted by molar-refractivity contribution is -0.330. The molecule has 0 aromatic heterocycles. The van der Waals surface area contributed by atoms with Crippen LogP contribution < -0.4 is 5.17 Å². The minimum atomic E-state index is -4.99. The van der Waals surface area contributed by atoms with Gasteiger partial charge in [-0.2, -0.15) is 10.5 Å². The molecule has 0 heterocycles. The first-order valence-corrected chi connectivity index (χ1v) is 4.46. The van der Waals surface area contributed by atoms with Crippen molar-refractivity contribution in [2.24, 2.45) is 5.10 Å². The molecule has 0 saturated carbocycles. The van der Waals surface area contributed by atoms with E-state index in [1.54, 1.807) is 6.07 Å². The number of alkyl halides is 3. The maximum Gasteiger partial charge on any atom is 0.545 e. The van der Waals surface area contributed by atoms with E-state index in [1.807, 2.05) is 0 Å². The first-order valence-electron chi connectivity index (χ1n) is 4.46. The zero-order chi connectivity index (χ0) is 13.6. The van der Waals surface area contributed by atoms with Crippen LogP contribution in [0.3, 0.4) is 0 Å². The van der Waals surface area contributed by atoms with Gasteiger partial charge in [-0.05, 0) is 12.1 Å². The molecular formula is C10H5F3N4O. The highest BCUT2D eigenvalue weighted by Crippen LogP contribution is 2.23. The first kappa shape index (κ1) is 13.5. The Kier molecular flexibility index (Phi) is 4.24. The number of hydrogen-bond acceptors (Lipinski definition) is 5. The van der Waals surface area contributed by atoms with Crippen LogP contribution >= 0.6 is 0 Å². The van der Waals surface area contributed by atoms with Crippen molar-refractivity contribution in [2.45, 2.75) is 6.36 Å². The van der Waals surface area contributed by atoms with Gasteiger partial charge in [0.1, 0.15) is 12.1 Å². The van der Waals surface area contributed by atoms with Crippen LogP contribution in [0.25, 0.3) is 0 Å². The number of anilines is 1. The van der Waals surface area contributed by atoms with Crippen LogP contribution in [0.4, 0.5) is 18.9 Å². The van der Waals surface area contributed by atoms with E-state index in [0.717, 1.165) is 0 Å². The molecule has 0 amide bonds. The van der Waals surface area contributed by atoms with Gasteiger partial charge < -0.3 is 0 Å². The van der Waals surface area contributed by atoms with Gasteiger partial charge in [0.05, 0.1) is 5.69 Å². The molecule has 0 radical (unpaired) electrons. The van der Waals surface area contributed by atoms with Gasteiger partial charge in [-0.15, -0.1) is 28.3 Å². The maximum absolute atomic E-state index is 12.2. The summed E-state index contributed by atoms with van der Waals surface area (Å²) >= 11 is 0. The molecule has 0 fully saturated rings. The molecule has 0 aliphatic rings. The Morgan fingerprint density at radius 1 is 1.17 bits per heavy atom. The van der Waals surface area contributed by atoms with E-state index >= 15 is 0 Å². The van der Waals surface area contributed by atoms with Crippen molar-refractivity contribution in [2.75, 3.05) is 5.17 Å². The Morgan fingerprint density at radius 3 is 2.17 bits per heavy atom. The van der Waals surface area contributed by atoms with Crippen LogP contribution in [0.5, 0.6) is 0 Å². The maximum atomic E-state index is 12.2. The molecule has 0 saturated heterocycles. The molecule has 0 atom stereocenters. The van der Waals surface area contributed by atoms with Crippen molar-refractivity contribution in [3.63, 3.8) is 0 Å². The second-order valence-corrected chi connectivity index (χ2v) is 2.82. The summed E-state index contributed by atoms with van der Waals surface area (Å²) in [6.45, 7) is 0. The number of nitrogens with zero attached hydrogens (tertiary/aromatic N) is 4. The van der Waals surface area contributed by atoms with Crippen LogP contribution in [0.1, 0.15) is 0 Å². The van der Waals surface area contributed by atoms with Crippen molar-refractivity contribution < 1.29 is 18.0 Å². The lowest BCUT2D eigenvalue weighted by atomic mass is 10.3. The normalized spacial score (nSPS) is 10.1. The average Bonchev–Trinajstić information content (AvgIpc) is 2.34. The number of benzene rings is 1. The van der Waals surface area contributed by atoms with E-state index < -0.39 is 12.1 Å². The van der Waals surface area contributed by atoms with Gasteiger partial charge in [0.25, 0.3) is 0 Å². The lowest BCUT2D eigenvalue weighted by Crippen LogP contribution is -2.28. The van der Waals surface area contributed by atoms with Gasteiger partial charge in [-0.1, -0.05) is 18.2 Å². The second-order valence-electron chi connectivity index (χ2n) is 2.82. The van der Waals surface area contributed by atoms with Crippen LogP contribution in [0, 0.1) is 22.7 Å². The molecule has 0 aliphatic heterocycles. The molecule has 1 aromatic rings. The molecule has 18 heavy (non-hydrogen) atoms. The number of hydrogen-bond donors (Lipinski definition) is 0. The van der Waals surface area contributed by atoms with E-state index in [4.69, 9.17) is 10.5 Å². The number of para-hydroxylation sites is 1. The van der Waals surface area contributed by atoms with Crippen LogP contribution in [-0.2, 0) is 4.84 Å². The summed E-state index contributed by atoms with van der Waals surface area (Å²) in [5, 5.41) is 20.1. The van der Waals surface area contributed by atoms with Gasteiger partial charge in [-0.3, -0.25) is 0 Å². The molecule has 0 N–H and O–H groups in total. The number of rotatable bonds is 3. The Hall–Kier alpha value is -2.58. The fraction of sp³-hybridized carbons (Fsp3) is 0.100. The van der Waals surface area contributed by atoms with Crippen molar-refractivity contribution >= 4 is 11.4 Å². The van der Waals surface area contributed by atoms with E-state index in [1.165, 1.54) is 36.4 Å². The smallest absolute Gasteiger partial charge is 0.190 e. The molecule has 1 rings (SSSR count). The summed E-state index contributed by atoms with van der Waals surface area (Å²) in [6, 6.07) is 9.72. The van der Waals surface area contributed by atoms with Gasteiger partial charge >= 0.3 is 6.36 Å². The second kappa shape index (κ2) is 5.66. The highest BCUT2D eigenvalue weighted by atomic mass is 19.4. The van der Waals surface area contributed by atoms with Gasteiger partial charge in [0.2, 0.25) is 5.71 Å². The van der Waals surface area contributed by atoms with E-state index in [9.17, 15) is 13.2 Å². The van der Waals surface area contributed by atoms with Gasteiger partial charge in [-0.25, -0.2) is 0 Å². The molecule has 0 spiro atoms. The molecule has 8 heteroatoms. The predicted octanol–water partition coefficient (Wildman–Crippen LogP) is 2.35. The summed E-state index contributed by atoms with van der Waals surface area (Å²) in [7, 11) is 0. The zero-order valence-corrected chi connectivity index (χ0v) is 8.72. The molecule has 0 aliphatic carbocycles. The first-order chi connectivity index (χ1) is 8.46. The SMILES string of the molecule is N#CC(C#N)=NN(OC(F)(F)F)c1ccccc1. The molecule has 0 unspecified atom stereocenters. The van der Waals surface area contributed by atoms with Gasteiger partial charge in [0, 0.05) is 0 Å². The highest BCUT2D eigenvalue weighted by molar-refractivity contribution is 6.10. The molecule has 5 nitrogen and oxygen atoms in total. The van der Waals surface area contributed by atoms with Crippen LogP contribution in [-0.4, -0.2) is 12.1 Å². The fourth-order valence-electron chi connectivity index (χ4n) is 0.945. The molecular weight excluding hydrogens is 249 g/mol. The monoisotopic (exact) mass is 254 g/mol. The third kappa shape index (κ3) is 4.12. The van der Waals surface area contributed by atoms with Crippen LogP contribution in [0.2, 0.25) is 0 Å². The third-order valence-electron chi connectivity index (χ3n) is 1.57. The van der Waals surface area contributed by atoms with E-state index in [2.05, 4.69) is 9.94 Å². The Balaban J connectivity index is 3.09. The van der Waals surface area contributed by atoms with Crippen molar-refractivity contribution in [1.29, 1.82) is 10.5 Å². The van der Waals surface area contributed by atoms with Gasteiger partial charge in [0.15, 0.2) is 0 Å². The molecule has 0 bridgehead atoms. The summed E-state index contributed by atoms with van der Waals surface area (Å²) in [5.41, 5.74) is -0.832. The summed E-state index contributed by atoms with van der Waals surface area (Å²) in [4.78, 5) is 3.60. The number of nitriles is 2. The largest absolute Gasteiger partial charge is 0.545 e. The Morgan fingerprint density at radius 2 is 1.72 bits per heavy atom.